The minimum atomic E-state index is -4.90. The van der Waals surface area contributed by atoms with Crippen molar-refractivity contribution >= 4 is 17.4 Å². The van der Waals surface area contributed by atoms with E-state index in [4.69, 9.17) is 16.3 Å². The van der Waals surface area contributed by atoms with E-state index >= 15 is 0 Å². The molecule has 1 aromatic carbocycles. The van der Waals surface area contributed by atoms with Gasteiger partial charge in [-0.05, 0) is 24.1 Å². The second kappa shape index (κ2) is 5.61. The number of ketones is 1. The Kier molecular flexibility index (Phi) is 4.62. The number of hydrogen-bond donors (Lipinski definition) is 0. The SMILES string of the molecule is CC(C)COc1ccc(C(=O)C(F)(F)F)cc1Cl. The molecule has 100 valence electrons. The fourth-order valence-electron chi connectivity index (χ4n) is 1.18. The Morgan fingerprint density at radius 3 is 2.44 bits per heavy atom. The molecule has 0 bridgehead atoms. The number of benzene rings is 1. The van der Waals surface area contributed by atoms with Gasteiger partial charge in [0.15, 0.2) is 0 Å². The Labute approximate surface area is 108 Å². The summed E-state index contributed by atoms with van der Waals surface area (Å²) in [6, 6.07) is 3.29. The fraction of sp³-hybridized carbons (Fsp3) is 0.417. The molecule has 0 N–H and O–H groups in total. The number of carbonyl (C=O) groups excluding carboxylic acids is 1. The summed E-state index contributed by atoms with van der Waals surface area (Å²) in [5.74, 6) is -1.39. The topological polar surface area (TPSA) is 26.3 Å². The van der Waals surface area contributed by atoms with Gasteiger partial charge in [0, 0.05) is 5.56 Å². The average molecular weight is 281 g/mol. The van der Waals surface area contributed by atoms with Crippen LogP contribution >= 0.6 is 11.6 Å². The van der Waals surface area contributed by atoms with Crippen LogP contribution in [0.5, 0.6) is 5.75 Å². The van der Waals surface area contributed by atoms with Crippen LogP contribution in [0, 0.1) is 5.92 Å². The van der Waals surface area contributed by atoms with Crippen molar-refractivity contribution < 1.29 is 22.7 Å². The number of Topliss-reactive ketones (excluding diaryl/α,β-unsaturated/α-hetero) is 1. The highest BCUT2D eigenvalue weighted by Gasteiger charge is 2.39. The average Bonchev–Trinajstić information content (AvgIpc) is 2.24. The molecule has 0 atom stereocenters. The van der Waals surface area contributed by atoms with E-state index in [1.54, 1.807) is 0 Å². The van der Waals surface area contributed by atoms with Crippen molar-refractivity contribution in [1.29, 1.82) is 0 Å². The van der Waals surface area contributed by atoms with Gasteiger partial charge in [0.05, 0.1) is 11.6 Å². The van der Waals surface area contributed by atoms with Gasteiger partial charge in [0.25, 0.3) is 5.78 Å². The zero-order chi connectivity index (χ0) is 13.9. The van der Waals surface area contributed by atoms with Crippen LogP contribution in [0.2, 0.25) is 5.02 Å². The monoisotopic (exact) mass is 280 g/mol. The second-order valence-electron chi connectivity index (χ2n) is 4.18. The third-order valence-electron chi connectivity index (χ3n) is 2.02. The third-order valence-corrected chi connectivity index (χ3v) is 2.32. The standard InChI is InChI=1S/C12H12ClF3O2/c1-7(2)6-18-10-4-3-8(5-9(10)13)11(17)12(14,15)16/h3-5,7H,6H2,1-2H3. The number of alkyl halides is 3. The van der Waals surface area contributed by atoms with Crippen LogP contribution < -0.4 is 4.74 Å². The van der Waals surface area contributed by atoms with Gasteiger partial charge in [0.2, 0.25) is 0 Å². The number of hydrogen-bond acceptors (Lipinski definition) is 2. The highest BCUT2D eigenvalue weighted by molar-refractivity contribution is 6.32. The van der Waals surface area contributed by atoms with Crippen molar-refractivity contribution in [2.75, 3.05) is 6.61 Å². The lowest BCUT2D eigenvalue weighted by Crippen LogP contribution is -2.22. The molecule has 1 rings (SSSR count). The maximum absolute atomic E-state index is 12.2. The largest absolute Gasteiger partial charge is 0.492 e. The first-order valence-corrected chi connectivity index (χ1v) is 5.63. The molecule has 0 saturated carbocycles. The Morgan fingerprint density at radius 2 is 2.00 bits per heavy atom. The van der Waals surface area contributed by atoms with Crippen LogP contribution in [0.4, 0.5) is 13.2 Å². The summed E-state index contributed by atoms with van der Waals surface area (Å²) in [6.45, 7) is 4.25. The maximum atomic E-state index is 12.2. The zero-order valence-electron chi connectivity index (χ0n) is 9.84. The molecule has 0 unspecified atom stereocenters. The summed E-state index contributed by atoms with van der Waals surface area (Å²) in [5.41, 5.74) is -0.496. The third kappa shape index (κ3) is 3.91. The van der Waals surface area contributed by atoms with E-state index in [1.165, 1.54) is 6.07 Å². The normalized spacial score (nSPS) is 11.7. The Morgan fingerprint density at radius 1 is 1.39 bits per heavy atom. The van der Waals surface area contributed by atoms with E-state index < -0.39 is 17.5 Å². The van der Waals surface area contributed by atoms with Gasteiger partial charge >= 0.3 is 6.18 Å². The van der Waals surface area contributed by atoms with Crippen LogP contribution in [-0.2, 0) is 0 Å². The molecule has 0 aliphatic rings. The van der Waals surface area contributed by atoms with Crippen LogP contribution in [0.15, 0.2) is 18.2 Å². The lowest BCUT2D eigenvalue weighted by Gasteiger charge is -2.11. The summed E-state index contributed by atoms with van der Waals surface area (Å²) < 4.78 is 41.9. The van der Waals surface area contributed by atoms with Crippen molar-refractivity contribution in [2.45, 2.75) is 20.0 Å². The summed E-state index contributed by atoms with van der Waals surface area (Å²) in [4.78, 5) is 11.0. The predicted molar refractivity (Wildman–Crippen MR) is 62.2 cm³/mol. The molecule has 0 aliphatic heterocycles. The van der Waals surface area contributed by atoms with Crippen molar-refractivity contribution in [3.05, 3.63) is 28.8 Å². The quantitative estimate of drug-likeness (QED) is 0.776. The lowest BCUT2D eigenvalue weighted by atomic mass is 10.1. The minimum absolute atomic E-state index is 0.00856. The molecule has 18 heavy (non-hydrogen) atoms. The molecule has 0 heterocycles. The Hall–Kier alpha value is -1.23. The fourth-order valence-corrected chi connectivity index (χ4v) is 1.41. The second-order valence-corrected chi connectivity index (χ2v) is 4.58. The van der Waals surface area contributed by atoms with Gasteiger partial charge in [-0.25, -0.2) is 0 Å². The van der Waals surface area contributed by atoms with Gasteiger partial charge in [-0.15, -0.1) is 0 Å². The maximum Gasteiger partial charge on any atom is 0.454 e. The molecule has 0 amide bonds. The van der Waals surface area contributed by atoms with Crippen molar-refractivity contribution in [1.82, 2.24) is 0 Å². The summed E-state index contributed by atoms with van der Waals surface area (Å²) in [7, 11) is 0. The molecule has 0 aromatic heterocycles. The highest BCUT2D eigenvalue weighted by Crippen LogP contribution is 2.29. The number of rotatable bonds is 4. The van der Waals surface area contributed by atoms with E-state index in [9.17, 15) is 18.0 Å². The first-order chi connectivity index (χ1) is 8.21. The molecule has 0 saturated heterocycles. The van der Waals surface area contributed by atoms with E-state index in [-0.39, 0.29) is 16.7 Å². The van der Waals surface area contributed by atoms with Crippen molar-refractivity contribution in [3.63, 3.8) is 0 Å². The highest BCUT2D eigenvalue weighted by atomic mass is 35.5. The number of carbonyl (C=O) groups is 1. The first kappa shape index (κ1) is 14.8. The van der Waals surface area contributed by atoms with E-state index in [1.807, 2.05) is 13.8 Å². The summed E-state index contributed by atoms with van der Waals surface area (Å²) >= 11 is 5.76. The molecule has 0 spiro atoms. The van der Waals surface area contributed by atoms with Gasteiger partial charge in [-0.1, -0.05) is 25.4 Å². The van der Waals surface area contributed by atoms with Gasteiger partial charge in [0.1, 0.15) is 5.75 Å². The minimum Gasteiger partial charge on any atom is -0.492 e. The van der Waals surface area contributed by atoms with Crippen LogP contribution in [0.1, 0.15) is 24.2 Å². The van der Waals surface area contributed by atoms with Gasteiger partial charge < -0.3 is 4.74 Å². The summed E-state index contributed by atoms with van der Waals surface area (Å²) in [5, 5.41) is -0.00856. The molecular formula is C12H12ClF3O2. The molecular weight excluding hydrogens is 269 g/mol. The van der Waals surface area contributed by atoms with E-state index in [2.05, 4.69) is 0 Å². The van der Waals surface area contributed by atoms with Crippen molar-refractivity contribution in [2.24, 2.45) is 5.92 Å². The van der Waals surface area contributed by atoms with Crippen molar-refractivity contribution in [3.8, 4) is 5.75 Å². The molecule has 2 nitrogen and oxygen atoms in total. The van der Waals surface area contributed by atoms with E-state index in [0.29, 0.717) is 6.61 Å². The van der Waals surface area contributed by atoms with Crippen LogP contribution in [0.3, 0.4) is 0 Å². The van der Waals surface area contributed by atoms with Gasteiger partial charge in [-0.2, -0.15) is 13.2 Å². The molecule has 0 radical (unpaired) electrons. The molecule has 0 fully saturated rings. The lowest BCUT2D eigenvalue weighted by molar-refractivity contribution is -0.0885. The zero-order valence-corrected chi connectivity index (χ0v) is 10.6. The number of ether oxygens (including phenoxy) is 1. The Balaban J connectivity index is 2.89. The Bertz CT molecular complexity index is 441. The number of halogens is 4. The van der Waals surface area contributed by atoms with Gasteiger partial charge in [-0.3, -0.25) is 4.79 Å². The van der Waals surface area contributed by atoms with Crippen LogP contribution in [-0.4, -0.2) is 18.6 Å². The molecule has 6 heteroatoms. The first-order valence-electron chi connectivity index (χ1n) is 5.25. The molecule has 0 aliphatic carbocycles. The van der Waals surface area contributed by atoms with E-state index in [0.717, 1.165) is 12.1 Å². The molecule has 1 aromatic rings. The smallest absolute Gasteiger partial charge is 0.454 e. The predicted octanol–water partition coefficient (Wildman–Crippen LogP) is 4.12. The summed E-state index contributed by atoms with van der Waals surface area (Å²) in [6.07, 6.45) is -4.90. The van der Waals surface area contributed by atoms with Crippen LogP contribution in [0.25, 0.3) is 0 Å².